The third kappa shape index (κ3) is 11.9. The molecule has 67 heavy (non-hydrogen) atoms. The van der Waals surface area contributed by atoms with E-state index in [0.29, 0.717) is 22.8 Å². The molecule has 8 N–H and O–H groups in total. The Morgan fingerprint density at radius 2 is 1.75 bits per heavy atom. The van der Waals surface area contributed by atoms with Crippen molar-refractivity contribution in [3.8, 4) is 27.6 Å². The molecule has 1 fully saturated rings. The summed E-state index contributed by atoms with van der Waals surface area (Å²) in [6.07, 6.45) is 0.131. The van der Waals surface area contributed by atoms with Crippen molar-refractivity contribution in [2.75, 3.05) is 37.9 Å². The lowest BCUT2D eigenvalue weighted by molar-refractivity contribution is -0.150. The number of likely N-dealkylation sites (tertiary alicyclic amines) is 1. The second-order valence-corrected chi connectivity index (χ2v) is 18.0. The average Bonchev–Trinajstić information content (AvgIpc) is 4.04. The predicted octanol–water partition coefficient (Wildman–Crippen LogP) is 2.69. The Bertz CT molecular complexity index is 2630. The third-order valence-electron chi connectivity index (χ3n) is 11.2. The Hall–Kier alpha value is -7.33. The van der Waals surface area contributed by atoms with E-state index < -0.39 is 71.4 Å². The van der Waals surface area contributed by atoms with Crippen LogP contribution in [0.15, 0.2) is 60.4 Å². The number of β-amino-alcohol motifs (C(OH)–C–C–N with tert-alkyl or cyclic N) is 1. The van der Waals surface area contributed by atoms with Gasteiger partial charge in [-0.25, -0.2) is 9.97 Å². The van der Waals surface area contributed by atoms with E-state index in [0.717, 1.165) is 21.7 Å². The number of methoxy groups -OCH3 is 1. The fraction of sp³-hybridized carbons (Fsp3) is 0.400. The van der Waals surface area contributed by atoms with E-state index >= 15 is 0 Å². The van der Waals surface area contributed by atoms with Crippen molar-refractivity contribution in [3.05, 3.63) is 77.3 Å². The van der Waals surface area contributed by atoms with Crippen molar-refractivity contribution in [1.82, 2.24) is 50.8 Å². The van der Waals surface area contributed by atoms with Crippen molar-refractivity contribution < 1.29 is 38.6 Å². The number of anilines is 3. The molecular formula is C45H55N13O8S. The molecule has 1 aliphatic rings. The number of nitrogens with zero attached hydrogens (tertiary/aromatic N) is 7. The van der Waals surface area contributed by atoms with Crippen LogP contribution in [-0.4, -0.2) is 115 Å². The summed E-state index contributed by atoms with van der Waals surface area (Å²) in [5, 5.41) is 36.6. The minimum absolute atomic E-state index is 0.00142. The molecule has 0 spiro atoms. The van der Waals surface area contributed by atoms with Crippen LogP contribution < -0.4 is 37.1 Å². The molecule has 4 heterocycles. The number of aliphatic hydroxyl groups excluding tert-OH is 1. The molecule has 5 aromatic rings. The van der Waals surface area contributed by atoms with Gasteiger partial charge in [0, 0.05) is 46.1 Å². The lowest BCUT2D eigenvalue weighted by atomic mass is 9.70. The molecule has 0 radical (unpaired) electrons. The molecule has 1 saturated heterocycles. The average molecular weight is 938 g/mol. The number of rotatable bonds is 18. The Morgan fingerprint density at radius 1 is 1.00 bits per heavy atom. The first-order valence-corrected chi connectivity index (χ1v) is 22.3. The largest absolute Gasteiger partial charge is 0.494 e. The van der Waals surface area contributed by atoms with Crippen LogP contribution in [0.1, 0.15) is 61.8 Å². The third-order valence-corrected chi connectivity index (χ3v) is 12.2. The van der Waals surface area contributed by atoms with E-state index in [2.05, 4.69) is 51.8 Å². The summed E-state index contributed by atoms with van der Waals surface area (Å²) in [7, 11) is 4.63. The Morgan fingerprint density at radius 3 is 2.37 bits per heavy atom. The maximum atomic E-state index is 14.4. The van der Waals surface area contributed by atoms with Crippen LogP contribution in [-0.2, 0) is 37.6 Å². The van der Waals surface area contributed by atoms with Gasteiger partial charge in [-0.1, -0.05) is 51.1 Å². The molecule has 354 valence electrons. The quantitative estimate of drug-likeness (QED) is 0.0665. The van der Waals surface area contributed by atoms with Crippen LogP contribution in [0.2, 0.25) is 0 Å². The monoisotopic (exact) mass is 937 g/mol. The van der Waals surface area contributed by atoms with Gasteiger partial charge in [0.2, 0.25) is 29.5 Å². The van der Waals surface area contributed by atoms with E-state index in [4.69, 9.17) is 10.5 Å². The number of thiazole rings is 1. The molecule has 3 aromatic heterocycles. The predicted molar refractivity (Wildman–Crippen MR) is 248 cm³/mol. The highest BCUT2D eigenvalue weighted by atomic mass is 32.1. The first-order chi connectivity index (χ1) is 31.9. The van der Waals surface area contributed by atoms with Gasteiger partial charge in [0.15, 0.2) is 23.1 Å². The first kappa shape index (κ1) is 49.1. The van der Waals surface area contributed by atoms with Crippen molar-refractivity contribution in [1.29, 1.82) is 0 Å². The lowest BCUT2D eigenvalue weighted by Crippen LogP contribution is -2.53. The highest BCUT2D eigenvalue weighted by molar-refractivity contribution is 7.13. The molecule has 0 aliphatic carbocycles. The summed E-state index contributed by atoms with van der Waals surface area (Å²) >= 11 is 1.54. The Kier molecular flexibility index (Phi) is 15.6. The SMILES string of the molecule is CNC(=O)c1nnc(NC(=O)CNC(=O)CCC(C(N)=O)[C@H](C(=O)N2C[C@H](O)C[C@H]2C(=O)NCc2ccc(-c3scnc3C)cc2)C(C)(C)C)cc1Nc1cccc(-c2ncn(C)n2)c1OC. The minimum atomic E-state index is -1.14. The number of nitrogens with two attached hydrogens (primary N) is 1. The summed E-state index contributed by atoms with van der Waals surface area (Å²) in [5.41, 5.74) is 10.7. The number of para-hydroxylation sites is 1. The lowest BCUT2D eigenvalue weighted by Gasteiger charge is -2.38. The molecule has 4 atom stereocenters. The van der Waals surface area contributed by atoms with Crippen LogP contribution in [0.5, 0.6) is 5.75 Å². The highest BCUT2D eigenvalue weighted by Crippen LogP contribution is 2.39. The Labute approximate surface area is 390 Å². The van der Waals surface area contributed by atoms with E-state index in [9.17, 15) is 33.9 Å². The summed E-state index contributed by atoms with van der Waals surface area (Å²) in [6, 6.07) is 13.3. The van der Waals surface area contributed by atoms with Gasteiger partial charge in [0.05, 0.1) is 64.6 Å². The topological polar surface area (TPSA) is 291 Å². The molecule has 21 nitrogen and oxygen atoms in total. The highest BCUT2D eigenvalue weighted by Gasteiger charge is 2.48. The number of aliphatic hydroxyl groups is 1. The molecular weight excluding hydrogens is 883 g/mol. The maximum Gasteiger partial charge on any atom is 0.273 e. The molecule has 1 aliphatic heterocycles. The van der Waals surface area contributed by atoms with E-state index in [-0.39, 0.29) is 49.6 Å². The summed E-state index contributed by atoms with van der Waals surface area (Å²) in [6.45, 7) is 6.76. The van der Waals surface area contributed by atoms with E-state index in [1.807, 2.05) is 31.2 Å². The fourth-order valence-electron chi connectivity index (χ4n) is 7.98. The normalized spacial score (nSPS) is 15.6. The van der Waals surface area contributed by atoms with Gasteiger partial charge >= 0.3 is 0 Å². The molecule has 2 aromatic carbocycles. The number of carbonyl (C=O) groups excluding carboxylic acids is 6. The number of carbonyl (C=O) groups is 6. The minimum Gasteiger partial charge on any atom is -0.494 e. The molecule has 6 amide bonds. The van der Waals surface area contributed by atoms with Crippen LogP contribution in [0.25, 0.3) is 21.8 Å². The summed E-state index contributed by atoms with van der Waals surface area (Å²) in [4.78, 5) is 91.1. The second kappa shape index (κ2) is 21.3. The second-order valence-electron chi connectivity index (χ2n) is 17.1. The molecule has 0 saturated carbocycles. The summed E-state index contributed by atoms with van der Waals surface area (Å²) in [5.74, 6) is -5.18. The van der Waals surface area contributed by atoms with Gasteiger partial charge < -0.3 is 47.1 Å². The molecule has 22 heteroatoms. The van der Waals surface area contributed by atoms with Crippen molar-refractivity contribution in [2.24, 2.45) is 30.0 Å². The van der Waals surface area contributed by atoms with Crippen molar-refractivity contribution in [3.63, 3.8) is 0 Å². The van der Waals surface area contributed by atoms with Crippen LogP contribution in [0.4, 0.5) is 17.2 Å². The molecule has 6 rings (SSSR count). The van der Waals surface area contributed by atoms with Gasteiger partial charge in [-0.05, 0) is 42.0 Å². The molecule has 0 bridgehead atoms. The fourth-order valence-corrected chi connectivity index (χ4v) is 8.79. The number of nitrogens with one attached hydrogen (secondary N) is 5. The zero-order chi connectivity index (χ0) is 48.6. The smallest absolute Gasteiger partial charge is 0.273 e. The number of benzene rings is 2. The number of primary amides is 1. The van der Waals surface area contributed by atoms with Gasteiger partial charge in [0.25, 0.3) is 5.91 Å². The van der Waals surface area contributed by atoms with Crippen LogP contribution >= 0.6 is 11.3 Å². The molecule has 1 unspecified atom stereocenters. The first-order valence-electron chi connectivity index (χ1n) is 21.4. The zero-order valence-corrected chi connectivity index (χ0v) is 39.1. The van der Waals surface area contributed by atoms with Gasteiger partial charge in [-0.3, -0.25) is 33.4 Å². The Balaban J connectivity index is 1.07. The maximum absolute atomic E-state index is 14.4. The van der Waals surface area contributed by atoms with Crippen LogP contribution in [0, 0.1) is 24.2 Å². The zero-order valence-electron chi connectivity index (χ0n) is 38.2. The number of ether oxygens (including phenoxy) is 1. The van der Waals surface area contributed by atoms with E-state index in [1.165, 1.54) is 36.5 Å². The van der Waals surface area contributed by atoms with Gasteiger partial charge in [-0.2, -0.15) is 5.10 Å². The van der Waals surface area contributed by atoms with Gasteiger partial charge in [0.1, 0.15) is 12.4 Å². The standard InChI is InChI=1S/C45H55N13O8S/c1-24-39(67-23-51-24)26-13-11-25(12-14-26)19-49-42(63)32-17-27(59)21-58(32)44(65)36(45(2,3)4)28(40(46)62)15-16-34(60)48-20-35(61)53-33-18-31(37(55-54-33)43(64)47-5)52-30-10-8-9-29(38(30)66-7)41-50-22-57(6)56-41/h8-14,18,22-23,27-28,32,36,59H,15-17,19-21H2,1-7H3,(H2,46,62)(H,47,64)(H,48,60)(H,49,63)(H2,52,53,54,61)/t27-,28?,32+,36-/m1/s1. The van der Waals surface area contributed by atoms with E-state index in [1.54, 1.807) is 62.5 Å². The number of aromatic nitrogens is 6. The van der Waals surface area contributed by atoms with Crippen LogP contribution in [0.3, 0.4) is 0 Å². The van der Waals surface area contributed by atoms with Gasteiger partial charge in [-0.15, -0.1) is 21.5 Å². The number of aryl methyl sites for hydroxylation is 2. The summed E-state index contributed by atoms with van der Waals surface area (Å²) < 4.78 is 7.23. The number of hydrogen-bond donors (Lipinski definition) is 7. The van der Waals surface area contributed by atoms with Crippen molar-refractivity contribution >= 4 is 64.0 Å². The number of hydrogen-bond acceptors (Lipinski definition) is 15. The van der Waals surface area contributed by atoms with Crippen molar-refractivity contribution in [2.45, 2.75) is 65.6 Å². The number of amides is 6.